The third-order valence-electron chi connectivity index (χ3n) is 4.16. The molecule has 0 saturated carbocycles. The third-order valence-corrected chi connectivity index (χ3v) is 5.54. The molecule has 1 unspecified atom stereocenters. The molecular formula is C18H24N6O2S. The summed E-state index contributed by atoms with van der Waals surface area (Å²) in [4.78, 5) is 14.8. The molecule has 3 N–H and O–H groups in total. The van der Waals surface area contributed by atoms with Crippen molar-refractivity contribution in [2.24, 2.45) is 0 Å². The maximum absolute atomic E-state index is 11.8. The highest BCUT2D eigenvalue weighted by Crippen LogP contribution is 2.22. The molecule has 1 aliphatic heterocycles. The Bertz CT molecular complexity index is 857. The van der Waals surface area contributed by atoms with Crippen molar-refractivity contribution in [1.82, 2.24) is 15.0 Å². The van der Waals surface area contributed by atoms with E-state index in [0.717, 1.165) is 24.5 Å². The zero-order valence-corrected chi connectivity index (χ0v) is 16.3. The van der Waals surface area contributed by atoms with Gasteiger partial charge in [-0.2, -0.15) is 0 Å². The Morgan fingerprint density at radius 3 is 2.85 bits per heavy atom. The summed E-state index contributed by atoms with van der Waals surface area (Å²) >= 11 is 0. The number of anilines is 2. The van der Waals surface area contributed by atoms with Crippen molar-refractivity contribution < 1.29 is 8.95 Å². The molecule has 0 aliphatic carbocycles. The topological polar surface area (TPSA) is 118 Å². The molecule has 27 heavy (non-hydrogen) atoms. The minimum atomic E-state index is -0.771. The number of aromatic nitrogens is 3. The summed E-state index contributed by atoms with van der Waals surface area (Å²) in [7, 11) is -0.771. The minimum absolute atomic E-state index is 0.0256. The van der Waals surface area contributed by atoms with Crippen LogP contribution in [-0.2, 0) is 10.8 Å². The fraction of sp³-hybridized carbons (Fsp3) is 0.444. The van der Waals surface area contributed by atoms with Gasteiger partial charge in [-0.15, -0.1) is 0 Å². The van der Waals surface area contributed by atoms with E-state index in [9.17, 15) is 4.21 Å². The van der Waals surface area contributed by atoms with Crippen LogP contribution in [0.2, 0.25) is 0 Å². The number of hydrogen-bond acceptors (Lipinski definition) is 8. The molecule has 0 aromatic carbocycles. The molecule has 0 amide bonds. The van der Waals surface area contributed by atoms with Crippen LogP contribution in [0.15, 0.2) is 24.7 Å². The van der Waals surface area contributed by atoms with Crippen LogP contribution in [0, 0.1) is 5.41 Å². The van der Waals surface area contributed by atoms with Crippen molar-refractivity contribution in [3.63, 3.8) is 0 Å². The first-order valence-electron chi connectivity index (χ1n) is 8.87. The normalized spacial score (nSPS) is 17.6. The summed E-state index contributed by atoms with van der Waals surface area (Å²) < 4.78 is 17.4. The molecular weight excluding hydrogens is 364 g/mol. The zero-order chi connectivity index (χ0) is 19.4. The molecule has 3 rings (SSSR count). The van der Waals surface area contributed by atoms with Crippen molar-refractivity contribution >= 4 is 28.0 Å². The fourth-order valence-corrected chi connectivity index (χ4v) is 3.91. The van der Waals surface area contributed by atoms with Crippen LogP contribution < -0.4 is 15.4 Å². The van der Waals surface area contributed by atoms with Crippen LogP contribution in [0.25, 0.3) is 0 Å². The molecule has 8 nitrogen and oxygen atoms in total. The number of nitrogens with two attached hydrogens (primary N) is 1. The molecule has 1 saturated heterocycles. The largest absolute Gasteiger partial charge is 0.475 e. The molecule has 0 bridgehead atoms. The van der Waals surface area contributed by atoms with Gasteiger partial charge in [-0.05, 0) is 20.3 Å². The molecule has 1 aliphatic rings. The molecule has 1 atom stereocenters. The van der Waals surface area contributed by atoms with E-state index in [1.54, 1.807) is 12.1 Å². The van der Waals surface area contributed by atoms with E-state index in [0.29, 0.717) is 35.1 Å². The van der Waals surface area contributed by atoms with Gasteiger partial charge in [0.05, 0.1) is 29.4 Å². The summed E-state index contributed by atoms with van der Waals surface area (Å²) in [5.41, 5.74) is 7.59. The van der Waals surface area contributed by atoms with E-state index in [4.69, 9.17) is 15.9 Å². The smallest absolute Gasteiger partial charge is 0.214 e. The Kier molecular flexibility index (Phi) is 6.00. The molecule has 3 heterocycles. The first kappa shape index (κ1) is 19.2. The lowest BCUT2D eigenvalue weighted by Crippen LogP contribution is -2.27. The van der Waals surface area contributed by atoms with Gasteiger partial charge in [0, 0.05) is 53.1 Å². The van der Waals surface area contributed by atoms with Gasteiger partial charge < -0.3 is 15.4 Å². The second-order valence-electron chi connectivity index (χ2n) is 6.60. The van der Waals surface area contributed by atoms with E-state index in [-0.39, 0.29) is 11.8 Å². The molecule has 144 valence electrons. The van der Waals surface area contributed by atoms with Gasteiger partial charge in [0.15, 0.2) is 0 Å². The van der Waals surface area contributed by atoms with Crippen LogP contribution in [0.4, 0.5) is 11.5 Å². The SMILES string of the molecule is CC(C)Oc1cc(C(=N)c2cc(N3CCCS(=O)CC3)ncn2)c(N)cn1. The summed E-state index contributed by atoms with van der Waals surface area (Å²) in [5, 5.41) is 8.56. The number of ether oxygens (including phenoxy) is 1. The van der Waals surface area contributed by atoms with Gasteiger partial charge in [0.2, 0.25) is 5.88 Å². The summed E-state index contributed by atoms with van der Waals surface area (Å²) in [6, 6.07) is 3.44. The first-order chi connectivity index (χ1) is 12.9. The highest BCUT2D eigenvalue weighted by molar-refractivity contribution is 7.85. The number of pyridine rings is 1. The van der Waals surface area contributed by atoms with Crippen molar-refractivity contribution in [2.75, 3.05) is 35.2 Å². The van der Waals surface area contributed by atoms with Gasteiger partial charge in [-0.25, -0.2) is 15.0 Å². The molecule has 0 radical (unpaired) electrons. The Morgan fingerprint density at radius 1 is 1.26 bits per heavy atom. The zero-order valence-electron chi connectivity index (χ0n) is 15.5. The number of nitrogen functional groups attached to an aromatic ring is 1. The molecule has 2 aromatic rings. The van der Waals surface area contributed by atoms with Gasteiger partial charge in [0.25, 0.3) is 0 Å². The summed E-state index contributed by atoms with van der Waals surface area (Å²) in [5.74, 6) is 2.50. The van der Waals surface area contributed by atoms with Crippen LogP contribution >= 0.6 is 0 Å². The predicted octanol–water partition coefficient (Wildman–Crippen LogP) is 1.62. The van der Waals surface area contributed by atoms with Crippen molar-refractivity contribution in [3.05, 3.63) is 35.9 Å². The van der Waals surface area contributed by atoms with Gasteiger partial charge in [0.1, 0.15) is 12.1 Å². The predicted molar refractivity (Wildman–Crippen MR) is 107 cm³/mol. The lowest BCUT2D eigenvalue weighted by molar-refractivity contribution is 0.232. The van der Waals surface area contributed by atoms with E-state index >= 15 is 0 Å². The average molecular weight is 388 g/mol. The Morgan fingerprint density at radius 2 is 2.07 bits per heavy atom. The maximum atomic E-state index is 11.8. The monoisotopic (exact) mass is 388 g/mol. The second kappa shape index (κ2) is 8.43. The van der Waals surface area contributed by atoms with Crippen molar-refractivity contribution in [1.29, 1.82) is 5.41 Å². The summed E-state index contributed by atoms with van der Waals surface area (Å²) in [6.07, 6.45) is 3.77. The first-order valence-corrected chi connectivity index (χ1v) is 10.4. The number of nitrogens with zero attached hydrogens (tertiary/aromatic N) is 4. The number of rotatable bonds is 5. The lowest BCUT2D eigenvalue weighted by Gasteiger charge is -2.21. The standard InChI is InChI=1S/C18H24N6O2S/c1-12(2)26-17-8-13(14(19)10-21-17)18(20)15-9-16(23-11-22-15)24-4-3-6-27(25)7-5-24/h8-12,20H,3-7,19H2,1-2H3. The van der Waals surface area contributed by atoms with E-state index in [1.165, 1.54) is 12.5 Å². The van der Waals surface area contributed by atoms with Crippen LogP contribution in [0.1, 0.15) is 31.5 Å². The molecule has 9 heteroatoms. The van der Waals surface area contributed by atoms with Crippen LogP contribution in [-0.4, -0.2) is 55.6 Å². The van der Waals surface area contributed by atoms with Crippen molar-refractivity contribution in [2.45, 2.75) is 26.4 Å². The van der Waals surface area contributed by atoms with Crippen LogP contribution in [0.3, 0.4) is 0 Å². The number of hydrogen-bond donors (Lipinski definition) is 2. The lowest BCUT2D eigenvalue weighted by atomic mass is 10.1. The Hall–Kier alpha value is -2.55. The number of nitrogens with one attached hydrogen (secondary N) is 1. The quantitative estimate of drug-likeness (QED) is 0.747. The van der Waals surface area contributed by atoms with Crippen molar-refractivity contribution in [3.8, 4) is 5.88 Å². The highest BCUT2D eigenvalue weighted by Gasteiger charge is 2.18. The van der Waals surface area contributed by atoms with E-state index in [1.807, 2.05) is 13.8 Å². The van der Waals surface area contributed by atoms with E-state index in [2.05, 4.69) is 19.9 Å². The van der Waals surface area contributed by atoms with Crippen LogP contribution in [0.5, 0.6) is 5.88 Å². The Balaban J connectivity index is 1.86. The average Bonchev–Trinajstić information content (AvgIpc) is 2.87. The maximum Gasteiger partial charge on any atom is 0.214 e. The van der Waals surface area contributed by atoms with Gasteiger partial charge >= 0.3 is 0 Å². The molecule has 1 fully saturated rings. The molecule has 2 aromatic heterocycles. The van der Waals surface area contributed by atoms with Gasteiger partial charge in [-0.1, -0.05) is 0 Å². The highest BCUT2D eigenvalue weighted by atomic mass is 32.2. The summed E-state index contributed by atoms with van der Waals surface area (Å²) in [6.45, 7) is 5.29. The molecule has 0 spiro atoms. The third kappa shape index (κ3) is 4.79. The minimum Gasteiger partial charge on any atom is -0.475 e. The second-order valence-corrected chi connectivity index (χ2v) is 8.30. The fourth-order valence-electron chi connectivity index (χ4n) is 2.84. The van der Waals surface area contributed by atoms with E-state index < -0.39 is 10.8 Å². The Labute approximate surface area is 161 Å². The van der Waals surface area contributed by atoms with Gasteiger partial charge in [-0.3, -0.25) is 9.62 Å².